The van der Waals surface area contributed by atoms with Gasteiger partial charge in [0.1, 0.15) is 12.4 Å². The molecule has 1 aromatic heterocycles. The Labute approximate surface area is 213 Å². The minimum absolute atomic E-state index is 0.129. The van der Waals surface area contributed by atoms with Crippen molar-refractivity contribution in [2.75, 3.05) is 33.4 Å². The molecular weight excluding hydrogens is 490 g/mol. The molecule has 0 amide bonds. The van der Waals surface area contributed by atoms with Crippen molar-refractivity contribution < 1.29 is 28.2 Å². The van der Waals surface area contributed by atoms with Crippen LogP contribution in [-0.2, 0) is 11.2 Å². The molecule has 3 aromatic rings. The van der Waals surface area contributed by atoms with E-state index in [4.69, 9.17) is 21.1 Å². The Hall–Kier alpha value is -2.97. The van der Waals surface area contributed by atoms with Crippen LogP contribution in [0.25, 0.3) is 10.9 Å². The quantitative estimate of drug-likeness (QED) is 0.396. The number of carbonyl (C=O) groups excluding carboxylic acids is 1. The maximum Gasteiger partial charge on any atom is 0.200 e. The second-order valence-electron chi connectivity index (χ2n) is 9.13. The standard InChI is InChI=1S/C27H29ClF2N2O4/c1-35-18-7-8-23-20(16-18)19(21(28)17-31-23)4-3-9-27(26(33)34)10-12-32(13-11-27)14-15-36-24-6-2-5-22(29)25(24)30/h2,5-8,16-17H,3-4,9-15H2,1H3,(H,33,34)/p-1. The van der Waals surface area contributed by atoms with Gasteiger partial charge in [-0.25, -0.2) is 4.39 Å². The van der Waals surface area contributed by atoms with Crippen molar-refractivity contribution >= 4 is 28.5 Å². The smallest absolute Gasteiger partial charge is 0.200 e. The Morgan fingerprint density at radius 1 is 1.22 bits per heavy atom. The number of pyridine rings is 1. The number of aryl methyl sites for hydroxylation is 1. The summed E-state index contributed by atoms with van der Waals surface area (Å²) in [6, 6.07) is 9.42. The fourth-order valence-corrected chi connectivity index (χ4v) is 5.07. The van der Waals surface area contributed by atoms with Gasteiger partial charge in [-0.15, -0.1) is 0 Å². The zero-order valence-corrected chi connectivity index (χ0v) is 20.8. The number of aliphatic carboxylic acids is 1. The van der Waals surface area contributed by atoms with Gasteiger partial charge in [0.05, 0.1) is 17.6 Å². The van der Waals surface area contributed by atoms with Crippen LogP contribution < -0.4 is 14.6 Å². The number of carboxylic acids is 1. The van der Waals surface area contributed by atoms with E-state index in [2.05, 4.69) is 9.88 Å². The lowest BCUT2D eigenvalue weighted by Gasteiger charge is -2.42. The average molecular weight is 518 g/mol. The fraction of sp³-hybridized carbons (Fsp3) is 0.407. The number of carbonyl (C=O) groups is 1. The predicted molar refractivity (Wildman–Crippen MR) is 131 cm³/mol. The highest BCUT2D eigenvalue weighted by Gasteiger charge is 2.35. The van der Waals surface area contributed by atoms with Gasteiger partial charge in [-0.2, -0.15) is 4.39 Å². The summed E-state index contributed by atoms with van der Waals surface area (Å²) in [5.41, 5.74) is 0.811. The summed E-state index contributed by atoms with van der Waals surface area (Å²) in [5, 5.41) is 13.6. The molecule has 1 saturated heterocycles. The lowest BCUT2D eigenvalue weighted by Crippen LogP contribution is -2.50. The summed E-state index contributed by atoms with van der Waals surface area (Å²) >= 11 is 6.45. The van der Waals surface area contributed by atoms with E-state index in [1.807, 2.05) is 18.2 Å². The number of methoxy groups -OCH3 is 1. The molecule has 0 unspecified atom stereocenters. The normalized spacial score (nSPS) is 15.7. The van der Waals surface area contributed by atoms with Crippen molar-refractivity contribution in [3.8, 4) is 11.5 Å². The van der Waals surface area contributed by atoms with Gasteiger partial charge >= 0.3 is 0 Å². The molecule has 1 aliphatic rings. The number of aromatic nitrogens is 1. The van der Waals surface area contributed by atoms with Crippen LogP contribution in [0.3, 0.4) is 0 Å². The maximum atomic E-state index is 13.7. The molecule has 192 valence electrons. The van der Waals surface area contributed by atoms with Crippen LogP contribution in [0.15, 0.2) is 42.6 Å². The van der Waals surface area contributed by atoms with Gasteiger partial charge in [0, 0.05) is 29.5 Å². The molecule has 0 N–H and O–H groups in total. The summed E-state index contributed by atoms with van der Waals surface area (Å²) in [7, 11) is 1.60. The molecule has 0 aliphatic carbocycles. The Bertz CT molecular complexity index is 1230. The van der Waals surface area contributed by atoms with Crippen LogP contribution >= 0.6 is 11.6 Å². The molecule has 0 saturated carbocycles. The molecular formula is C27H28ClF2N2O4-. The van der Waals surface area contributed by atoms with Gasteiger partial charge in [0.15, 0.2) is 11.6 Å². The van der Waals surface area contributed by atoms with E-state index < -0.39 is 23.0 Å². The minimum Gasteiger partial charge on any atom is -0.550 e. The molecule has 2 aromatic carbocycles. The van der Waals surface area contributed by atoms with E-state index in [1.165, 1.54) is 12.1 Å². The maximum absolute atomic E-state index is 13.7. The number of hydrogen-bond acceptors (Lipinski definition) is 6. The van der Waals surface area contributed by atoms with Crippen molar-refractivity contribution in [1.29, 1.82) is 0 Å². The molecule has 0 atom stereocenters. The summed E-state index contributed by atoms with van der Waals surface area (Å²) in [6.45, 7) is 1.77. The molecule has 36 heavy (non-hydrogen) atoms. The third-order valence-corrected chi connectivity index (χ3v) is 7.37. The van der Waals surface area contributed by atoms with Crippen LogP contribution in [0.2, 0.25) is 5.02 Å². The lowest BCUT2D eigenvalue weighted by molar-refractivity contribution is -0.321. The number of carboxylic acid groups (broad SMARTS) is 1. The molecule has 1 fully saturated rings. The number of nitrogens with zero attached hydrogens (tertiary/aromatic N) is 2. The number of piperidine rings is 1. The van der Waals surface area contributed by atoms with Crippen LogP contribution in [0.1, 0.15) is 31.2 Å². The third-order valence-electron chi connectivity index (χ3n) is 7.04. The van der Waals surface area contributed by atoms with E-state index >= 15 is 0 Å². The molecule has 0 radical (unpaired) electrons. The predicted octanol–water partition coefficient (Wildman–Crippen LogP) is 4.41. The number of halogens is 3. The highest BCUT2D eigenvalue weighted by atomic mass is 35.5. The van der Waals surface area contributed by atoms with E-state index in [0.29, 0.717) is 62.5 Å². The first kappa shape index (κ1) is 26.1. The highest BCUT2D eigenvalue weighted by molar-refractivity contribution is 6.32. The monoisotopic (exact) mass is 517 g/mol. The Balaban J connectivity index is 1.33. The van der Waals surface area contributed by atoms with E-state index in [0.717, 1.165) is 22.5 Å². The summed E-state index contributed by atoms with van der Waals surface area (Å²) in [6.07, 6.45) is 4.22. The molecule has 2 heterocycles. The van der Waals surface area contributed by atoms with Crippen LogP contribution in [0.5, 0.6) is 11.5 Å². The average Bonchev–Trinajstić information content (AvgIpc) is 2.88. The Kier molecular flexibility index (Phi) is 8.26. The SMILES string of the molecule is COc1ccc2ncc(Cl)c(CCCC3(C(=O)[O-])CCN(CCOc4cccc(F)c4F)CC3)c2c1. The number of hydrogen-bond donors (Lipinski definition) is 0. The van der Waals surface area contributed by atoms with Gasteiger partial charge < -0.3 is 19.4 Å². The minimum atomic E-state index is -1.03. The topological polar surface area (TPSA) is 74.7 Å². The van der Waals surface area contributed by atoms with Gasteiger partial charge in [-0.1, -0.05) is 17.7 Å². The number of benzene rings is 2. The first-order chi connectivity index (χ1) is 17.3. The van der Waals surface area contributed by atoms with Crippen LogP contribution in [0.4, 0.5) is 8.78 Å². The molecule has 1 aliphatic heterocycles. The first-order valence-corrected chi connectivity index (χ1v) is 12.3. The first-order valence-electron chi connectivity index (χ1n) is 11.9. The number of rotatable bonds is 10. The summed E-state index contributed by atoms with van der Waals surface area (Å²) in [5.74, 6) is -2.42. The van der Waals surface area contributed by atoms with Gasteiger partial charge in [0.25, 0.3) is 0 Å². The van der Waals surface area contributed by atoms with Crippen molar-refractivity contribution in [3.05, 3.63) is 64.8 Å². The summed E-state index contributed by atoms with van der Waals surface area (Å²) < 4.78 is 37.8. The van der Waals surface area contributed by atoms with Crippen molar-refractivity contribution in [2.24, 2.45) is 5.41 Å². The number of likely N-dealkylation sites (tertiary alicyclic amines) is 1. The van der Waals surface area contributed by atoms with Gasteiger partial charge in [0.2, 0.25) is 5.82 Å². The summed E-state index contributed by atoms with van der Waals surface area (Å²) in [4.78, 5) is 18.6. The molecule has 0 spiro atoms. The molecule has 4 rings (SSSR count). The van der Waals surface area contributed by atoms with Gasteiger partial charge in [-0.05, 0) is 81.1 Å². The van der Waals surface area contributed by atoms with Crippen molar-refractivity contribution in [3.63, 3.8) is 0 Å². The Morgan fingerprint density at radius 2 is 2.00 bits per heavy atom. The van der Waals surface area contributed by atoms with E-state index in [9.17, 15) is 18.7 Å². The van der Waals surface area contributed by atoms with E-state index in [1.54, 1.807) is 13.3 Å². The largest absolute Gasteiger partial charge is 0.550 e. The number of ether oxygens (including phenoxy) is 2. The van der Waals surface area contributed by atoms with Crippen molar-refractivity contribution in [2.45, 2.75) is 32.1 Å². The third kappa shape index (κ3) is 5.71. The second kappa shape index (κ2) is 11.4. The van der Waals surface area contributed by atoms with Gasteiger partial charge in [-0.3, -0.25) is 9.88 Å². The van der Waals surface area contributed by atoms with Crippen LogP contribution in [-0.4, -0.2) is 49.2 Å². The number of fused-ring (bicyclic) bond motifs is 1. The molecule has 6 nitrogen and oxygen atoms in total. The highest BCUT2D eigenvalue weighted by Crippen LogP contribution is 2.37. The second-order valence-corrected chi connectivity index (χ2v) is 9.54. The zero-order valence-electron chi connectivity index (χ0n) is 20.1. The molecule has 9 heteroatoms. The van der Waals surface area contributed by atoms with Crippen molar-refractivity contribution in [1.82, 2.24) is 9.88 Å². The fourth-order valence-electron chi connectivity index (χ4n) is 4.83. The van der Waals surface area contributed by atoms with E-state index in [-0.39, 0.29) is 12.4 Å². The zero-order chi connectivity index (χ0) is 25.7. The lowest BCUT2D eigenvalue weighted by atomic mass is 9.74. The molecule has 0 bridgehead atoms. The Morgan fingerprint density at radius 3 is 2.72 bits per heavy atom. The van der Waals surface area contributed by atoms with Crippen LogP contribution in [0, 0.1) is 17.0 Å².